The third-order valence-corrected chi connectivity index (χ3v) is 4.90. The first kappa shape index (κ1) is 23.1. The summed E-state index contributed by atoms with van der Waals surface area (Å²) >= 11 is 0. The molecule has 1 aromatic rings. The summed E-state index contributed by atoms with van der Waals surface area (Å²) in [5.41, 5.74) is 0.252. The number of piperidine rings is 1. The van der Waals surface area contributed by atoms with Crippen LogP contribution in [0.15, 0.2) is 29.3 Å². The lowest BCUT2D eigenvalue weighted by molar-refractivity contribution is -0.122. The van der Waals surface area contributed by atoms with E-state index in [1.807, 2.05) is 13.8 Å². The van der Waals surface area contributed by atoms with E-state index in [9.17, 15) is 14.3 Å². The first-order valence-corrected chi connectivity index (χ1v) is 10.5. The molecule has 1 unspecified atom stereocenters. The number of hydrogen-bond donors (Lipinski definition) is 4. The number of aliphatic imine (C=N–C) groups is 1. The molecule has 0 aromatic heterocycles. The van der Waals surface area contributed by atoms with Crippen LogP contribution in [-0.4, -0.2) is 67.2 Å². The molecule has 1 atom stereocenters. The number of aliphatic hydroxyl groups is 1. The highest BCUT2D eigenvalue weighted by Gasteiger charge is 2.21. The Balaban J connectivity index is 1.82. The molecular weight excluding hydrogens is 373 g/mol. The maximum Gasteiger partial charge on any atom is 0.234 e. The summed E-state index contributed by atoms with van der Waals surface area (Å²) in [6.07, 6.45) is 1.76. The molecule has 1 amide bonds. The number of carbonyl (C=O) groups excluding carboxylic acids is 1. The maximum absolute atomic E-state index is 13.8. The van der Waals surface area contributed by atoms with E-state index < -0.39 is 11.9 Å². The molecule has 29 heavy (non-hydrogen) atoms. The average molecular weight is 408 g/mol. The molecule has 162 valence electrons. The van der Waals surface area contributed by atoms with Gasteiger partial charge >= 0.3 is 0 Å². The second-order valence-corrected chi connectivity index (χ2v) is 7.30. The fourth-order valence-corrected chi connectivity index (χ4v) is 3.29. The fraction of sp³-hybridized carbons (Fsp3) is 0.619. The minimum atomic E-state index is -0.991. The standard InChI is InChI=1S/C21H34FN5O2/c1-3-11-24-20(29)15-27-12-9-16(10-13-27)26-21(23-4-2)25-14-19(28)17-7-5-6-8-18(17)22/h5-8,16,19,28H,3-4,9-15H2,1-2H3,(H,24,29)(H2,23,25,26). The summed E-state index contributed by atoms with van der Waals surface area (Å²) in [5, 5.41) is 19.7. The fourth-order valence-electron chi connectivity index (χ4n) is 3.29. The topological polar surface area (TPSA) is 89.0 Å². The molecule has 4 N–H and O–H groups in total. The minimum absolute atomic E-state index is 0.0761. The van der Waals surface area contributed by atoms with E-state index in [4.69, 9.17) is 0 Å². The summed E-state index contributed by atoms with van der Waals surface area (Å²) in [6, 6.07) is 6.45. The van der Waals surface area contributed by atoms with E-state index in [0.717, 1.165) is 38.9 Å². The van der Waals surface area contributed by atoms with Crippen LogP contribution in [-0.2, 0) is 4.79 Å². The molecule has 0 radical (unpaired) electrons. The van der Waals surface area contributed by atoms with Crippen molar-refractivity contribution in [1.29, 1.82) is 0 Å². The van der Waals surface area contributed by atoms with Gasteiger partial charge in [0.1, 0.15) is 11.9 Å². The van der Waals surface area contributed by atoms with Crippen LogP contribution in [0.1, 0.15) is 44.8 Å². The highest BCUT2D eigenvalue weighted by molar-refractivity contribution is 5.80. The Labute approximate surface area is 172 Å². The van der Waals surface area contributed by atoms with E-state index in [-0.39, 0.29) is 24.1 Å². The van der Waals surface area contributed by atoms with E-state index in [0.29, 0.717) is 19.0 Å². The van der Waals surface area contributed by atoms with E-state index >= 15 is 0 Å². The Hall–Kier alpha value is -2.19. The molecule has 7 nitrogen and oxygen atoms in total. The second-order valence-electron chi connectivity index (χ2n) is 7.30. The summed E-state index contributed by atoms with van der Waals surface area (Å²) in [7, 11) is 0. The third kappa shape index (κ3) is 7.98. The molecule has 0 aliphatic carbocycles. The molecule has 0 spiro atoms. The van der Waals surface area contributed by atoms with Gasteiger partial charge in [-0.05, 0) is 32.3 Å². The van der Waals surface area contributed by atoms with Crippen LogP contribution in [0.25, 0.3) is 0 Å². The maximum atomic E-state index is 13.8. The van der Waals surface area contributed by atoms with Crippen LogP contribution < -0.4 is 16.0 Å². The van der Waals surface area contributed by atoms with Crippen molar-refractivity contribution in [1.82, 2.24) is 20.9 Å². The van der Waals surface area contributed by atoms with Crippen molar-refractivity contribution in [2.75, 3.05) is 39.3 Å². The van der Waals surface area contributed by atoms with Gasteiger partial charge in [-0.25, -0.2) is 4.39 Å². The molecular formula is C21H34FN5O2. The van der Waals surface area contributed by atoms with Gasteiger partial charge in [0, 0.05) is 37.8 Å². The van der Waals surface area contributed by atoms with Gasteiger partial charge in [-0.15, -0.1) is 0 Å². The highest BCUT2D eigenvalue weighted by atomic mass is 19.1. The van der Waals surface area contributed by atoms with Crippen molar-refractivity contribution >= 4 is 11.9 Å². The highest BCUT2D eigenvalue weighted by Crippen LogP contribution is 2.17. The Bertz CT molecular complexity index is 662. The Morgan fingerprint density at radius 2 is 2.00 bits per heavy atom. The molecule has 1 aromatic carbocycles. The van der Waals surface area contributed by atoms with Crippen LogP contribution >= 0.6 is 0 Å². The summed E-state index contributed by atoms with van der Waals surface area (Å²) in [4.78, 5) is 18.4. The SMILES string of the molecule is CCCNC(=O)CN1CCC(NC(=NCC(O)c2ccccc2F)NCC)CC1. The lowest BCUT2D eigenvalue weighted by atomic mass is 10.1. The van der Waals surface area contributed by atoms with Gasteiger partial charge in [-0.3, -0.25) is 14.7 Å². The molecule has 0 saturated carbocycles. The first-order valence-electron chi connectivity index (χ1n) is 10.5. The first-order chi connectivity index (χ1) is 14.0. The van der Waals surface area contributed by atoms with Gasteiger partial charge in [0.2, 0.25) is 5.91 Å². The molecule has 1 heterocycles. The Morgan fingerprint density at radius 1 is 1.28 bits per heavy atom. The van der Waals surface area contributed by atoms with Crippen molar-refractivity contribution in [2.24, 2.45) is 4.99 Å². The number of guanidine groups is 1. The number of aliphatic hydroxyl groups excluding tert-OH is 1. The van der Waals surface area contributed by atoms with Crippen molar-refractivity contribution in [2.45, 2.75) is 45.3 Å². The van der Waals surface area contributed by atoms with Crippen molar-refractivity contribution in [3.8, 4) is 0 Å². The molecule has 1 fully saturated rings. The summed E-state index contributed by atoms with van der Waals surface area (Å²) < 4.78 is 13.8. The van der Waals surface area contributed by atoms with Crippen LogP contribution in [0.4, 0.5) is 4.39 Å². The van der Waals surface area contributed by atoms with E-state index in [1.165, 1.54) is 6.07 Å². The molecule has 0 bridgehead atoms. The molecule has 8 heteroatoms. The lowest BCUT2D eigenvalue weighted by Crippen LogP contribution is -2.50. The zero-order chi connectivity index (χ0) is 21.1. The van der Waals surface area contributed by atoms with E-state index in [1.54, 1.807) is 18.2 Å². The lowest BCUT2D eigenvalue weighted by Gasteiger charge is -2.32. The molecule has 1 aliphatic heterocycles. The van der Waals surface area contributed by atoms with Crippen LogP contribution in [0.3, 0.4) is 0 Å². The van der Waals surface area contributed by atoms with E-state index in [2.05, 4.69) is 25.8 Å². The smallest absolute Gasteiger partial charge is 0.234 e. The number of carbonyl (C=O) groups is 1. The summed E-state index contributed by atoms with van der Waals surface area (Å²) in [5.74, 6) is 0.265. The number of hydrogen-bond acceptors (Lipinski definition) is 4. The number of amides is 1. The second kappa shape index (κ2) is 12.4. The number of likely N-dealkylation sites (tertiary alicyclic amines) is 1. The largest absolute Gasteiger partial charge is 0.386 e. The van der Waals surface area contributed by atoms with Crippen LogP contribution in [0.5, 0.6) is 0 Å². The quantitative estimate of drug-likeness (QED) is 0.367. The molecule has 1 saturated heterocycles. The van der Waals surface area contributed by atoms with Gasteiger partial charge in [0.15, 0.2) is 5.96 Å². The Morgan fingerprint density at radius 3 is 2.66 bits per heavy atom. The number of nitrogens with zero attached hydrogens (tertiary/aromatic N) is 2. The van der Waals surface area contributed by atoms with Gasteiger partial charge < -0.3 is 21.1 Å². The Kier molecular flexibility index (Phi) is 9.87. The predicted octanol–water partition coefficient (Wildman–Crippen LogP) is 1.40. The van der Waals surface area contributed by atoms with Crippen molar-refractivity contribution in [3.63, 3.8) is 0 Å². The van der Waals surface area contributed by atoms with Crippen LogP contribution in [0, 0.1) is 5.82 Å². The zero-order valence-electron chi connectivity index (χ0n) is 17.5. The predicted molar refractivity (Wildman–Crippen MR) is 113 cm³/mol. The molecule has 2 rings (SSSR count). The number of rotatable bonds is 9. The molecule has 1 aliphatic rings. The van der Waals surface area contributed by atoms with Crippen molar-refractivity contribution in [3.05, 3.63) is 35.6 Å². The van der Waals surface area contributed by atoms with Gasteiger partial charge in [0.25, 0.3) is 0 Å². The zero-order valence-corrected chi connectivity index (χ0v) is 17.5. The van der Waals surface area contributed by atoms with Gasteiger partial charge in [-0.2, -0.15) is 0 Å². The van der Waals surface area contributed by atoms with Crippen LogP contribution in [0.2, 0.25) is 0 Å². The van der Waals surface area contributed by atoms with Gasteiger partial charge in [-0.1, -0.05) is 25.1 Å². The number of halogens is 1. The normalized spacial score (nSPS) is 17.0. The third-order valence-electron chi connectivity index (χ3n) is 4.90. The minimum Gasteiger partial charge on any atom is -0.386 e. The summed E-state index contributed by atoms with van der Waals surface area (Å²) in [6.45, 7) is 7.62. The average Bonchev–Trinajstić information content (AvgIpc) is 2.72. The number of nitrogens with one attached hydrogen (secondary N) is 3. The monoisotopic (exact) mass is 407 g/mol. The number of benzene rings is 1. The van der Waals surface area contributed by atoms with Gasteiger partial charge in [0.05, 0.1) is 13.1 Å². The van der Waals surface area contributed by atoms with Crippen molar-refractivity contribution < 1.29 is 14.3 Å².